The lowest BCUT2D eigenvalue weighted by atomic mass is 9.98. The summed E-state index contributed by atoms with van der Waals surface area (Å²) in [5, 5.41) is 9.55. The second kappa shape index (κ2) is 10.5. The number of nitrogens with one attached hydrogen (secondary N) is 2. The van der Waals surface area contributed by atoms with Gasteiger partial charge in [-0.25, -0.2) is 9.78 Å². The summed E-state index contributed by atoms with van der Waals surface area (Å²) < 4.78 is 36.2. The van der Waals surface area contributed by atoms with Crippen LogP contribution in [0.2, 0.25) is 0 Å². The molecule has 1 saturated heterocycles. The first-order chi connectivity index (χ1) is 15.0. The Balaban J connectivity index is 2.29. The van der Waals surface area contributed by atoms with Gasteiger partial charge in [-0.1, -0.05) is 17.8 Å². The van der Waals surface area contributed by atoms with Gasteiger partial charge < -0.3 is 20.2 Å². The van der Waals surface area contributed by atoms with Crippen LogP contribution in [-0.4, -0.2) is 83.3 Å². The van der Waals surface area contributed by atoms with Gasteiger partial charge in [0.1, 0.15) is 24.2 Å². The van der Waals surface area contributed by atoms with Crippen LogP contribution in [0, 0.1) is 0 Å². The van der Waals surface area contributed by atoms with E-state index in [1.807, 2.05) is 0 Å². The maximum Gasteiger partial charge on any atom is 0.363 e. The maximum absolute atomic E-state index is 12.8. The molecule has 2 heterocycles. The molecule has 32 heavy (non-hydrogen) atoms. The van der Waals surface area contributed by atoms with Gasteiger partial charge in [0.15, 0.2) is 16.9 Å². The van der Waals surface area contributed by atoms with E-state index in [1.165, 1.54) is 11.5 Å². The van der Waals surface area contributed by atoms with Crippen LogP contribution in [0.15, 0.2) is 23.2 Å². The minimum atomic E-state index is -5.09. The Bertz CT molecular complexity index is 1070. The molecular formula is C15H16ClN5O9S2. The molecule has 0 radical (unpaired) electrons. The average molecular weight is 510 g/mol. The number of β-lactam (4-membered cyclic amide) rings is 1. The molecule has 0 saturated carbocycles. The Labute approximate surface area is 190 Å². The molecule has 0 aliphatic carbocycles. The third-order valence-electron chi connectivity index (χ3n) is 3.71. The molecule has 2 rings (SSSR count). The summed E-state index contributed by atoms with van der Waals surface area (Å²) in [5.74, 6) is -4.44. The van der Waals surface area contributed by atoms with Gasteiger partial charge in [-0.3, -0.25) is 18.9 Å². The topological polar surface area (TPSA) is 194 Å². The lowest BCUT2D eigenvalue weighted by Crippen LogP contribution is -2.74. The Morgan fingerprint density at radius 3 is 2.72 bits per heavy atom. The molecule has 1 aliphatic rings. The van der Waals surface area contributed by atoms with Gasteiger partial charge >= 0.3 is 16.3 Å². The number of nitrogens with zero attached hydrogens (tertiary/aromatic N) is 3. The highest BCUT2D eigenvalue weighted by molar-refractivity contribution is 7.84. The number of alkyl halides is 1. The van der Waals surface area contributed by atoms with E-state index in [-0.39, 0.29) is 27.6 Å². The van der Waals surface area contributed by atoms with E-state index in [1.54, 1.807) is 0 Å². The number of aromatic nitrogens is 1. The third kappa shape index (κ3) is 5.58. The van der Waals surface area contributed by atoms with E-state index in [0.717, 1.165) is 18.4 Å². The second-order valence-electron chi connectivity index (χ2n) is 5.78. The zero-order valence-electron chi connectivity index (χ0n) is 16.2. The normalized spacial score (nSPS) is 18.4. The van der Waals surface area contributed by atoms with Gasteiger partial charge in [0.05, 0.1) is 7.11 Å². The van der Waals surface area contributed by atoms with Crippen LogP contribution in [0.25, 0.3) is 0 Å². The molecule has 0 unspecified atom stereocenters. The molecule has 3 amide bonds. The number of hydrogen-bond acceptors (Lipinski definition) is 11. The quantitative estimate of drug-likeness (QED) is 0.0509. The summed E-state index contributed by atoms with van der Waals surface area (Å²) in [4.78, 5) is 57.1. The smallest absolute Gasteiger partial charge is 0.363 e. The molecule has 0 spiro atoms. The van der Waals surface area contributed by atoms with E-state index < -0.39 is 51.8 Å². The van der Waals surface area contributed by atoms with Gasteiger partial charge in [0.25, 0.3) is 11.8 Å². The van der Waals surface area contributed by atoms with Gasteiger partial charge in [-0.05, 0) is 0 Å². The lowest BCUT2D eigenvalue weighted by molar-refractivity contribution is -0.162. The minimum Gasteiger partial charge on any atom is -0.467 e. The van der Waals surface area contributed by atoms with Gasteiger partial charge in [0, 0.05) is 5.38 Å². The molecule has 0 bridgehead atoms. The number of hydrogen-bond donors (Lipinski definition) is 3. The van der Waals surface area contributed by atoms with Crippen LogP contribution in [0.4, 0.5) is 5.13 Å². The van der Waals surface area contributed by atoms with Crippen LogP contribution in [0.1, 0.15) is 5.69 Å². The fourth-order valence-electron chi connectivity index (χ4n) is 2.37. The first kappa shape index (κ1) is 25.2. The van der Waals surface area contributed by atoms with Crippen LogP contribution in [-0.2, 0) is 39.1 Å². The highest BCUT2D eigenvalue weighted by Gasteiger charge is 2.58. The number of anilines is 1. The minimum absolute atomic E-state index is 0.0746. The number of carbonyl (C=O) groups excluding carboxylic acids is 4. The fraction of sp³-hybridized carbons (Fsp3) is 0.333. The summed E-state index contributed by atoms with van der Waals surface area (Å²) in [6, 6.07) is -3.52. The van der Waals surface area contributed by atoms with Crippen molar-refractivity contribution >= 4 is 67.8 Å². The van der Waals surface area contributed by atoms with Crippen molar-refractivity contribution < 1.29 is 41.7 Å². The maximum atomic E-state index is 12.8. The molecule has 1 aromatic heterocycles. The van der Waals surface area contributed by atoms with Crippen LogP contribution >= 0.6 is 22.9 Å². The zero-order chi connectivity index (χ0) is 24.1. The number of methoxy groups -OCH3 is 1. The summed E-state index contributed by atoms with van der Waals surface area (Å²) >= 11 is 6.34. The first-order valence-corrected chi connectivity index (χ1v) is 11.2. The summed E-state index contributed by atoms with van der Waals surface area (Å²) in [5.41, 5.74) is -0.536. The summed E-state index contributed by atoms with van der Waals surface area (Å²) in [6.45, 7) is 3.32. The van der Waals surface area contributed by atoms with Crippen molar-refractivity contribution in [1.29, 1.82) is 0 Å². The molecule has 1 aromatic rings. The average Bonchev–Trinajstić information content (AvgIpc) is 3.19. The van der Waals surface area contributed by atoms with Crippen molar-refractivity contribution in [2.45, 2.75) is 12.1 Å². The number of rotatable bonds is 10. The predicted octanol–water partition coefficient (Wildman–Crippen LogP) is -1.10. The summed E-state index contributed by atoms with van der Waals surface area (Å²) in [6.07, 6.45) is 1.33. The van der Waals surface area contributed by atoms with E-state index in [4.69, 9.17) is 21.0 Å². The zero-order valence-corrected chi connectivity index (χ0v) is 18.6. The standard InChI is InChI=1S/C15H16ClN5O9S2/c1-3-4-30-20-9(7-6-31-15(17-7)18-8(22)5-16)12(23)19-10-11(14(25)29-2)21(13(10)24)32(26,27)28/h3,6,10-11H,1,4-5H2,2H3,(H,19,23)(H,17,18,22)(H,26,27,28)/t10-,11-/m0/s1. The van der Waals surface area contributed by atoms with Crippen molar-refractivity contribution in [2.75, 3.05) is 24.9 Å². The molecule has 17 heteroatoms. The number of esters is 1. The van der Waals surface area contributed by atoms with Crippen molar-refractivity contribution in [3.05, 3.63) is 23.7 Å². The Kier molecular flexibility index (Phi) is 8.25. The van der Waals surface area contributed by atoms with Gasteiger partial charge in [-0.2, -0.15) is 12.7 Å². The van der Waals surface area contributed by atoms with Crippen LogP contribution in [0.3, 0.4) is 0 Å². The highest BCUT2D eigenvalue weighted by Crippen LogP contribution is 2.25. The Morgan fingerprint density at radius 1 is 1.47 bits per heavy atom. The molecule has 1 aliphatic heterocycles. The molecule has 2 atom stereocenters. The fourth-order valence-corrected chi connectivity index (χ4v) is 3.99. The van der Waals surface area contributed by atoms with Crippen LogP contribution in [0.5, 0.6) is 0 Å². The first-order valence-electron chi connectivity index (χ1n) is 8.37. The Hall–Kier alpha value is -3.08. The van der Waals surface area contributed by atoms with E-state index in [2.05, 4.69) is 32.1 Å². The highest BCUT2D eigenvalue weighted by atomic mass is 35.5. The van der Waals surface area contributed by atoms with Crippen molar-refractivity contribution in [2.24, 2.45) is 5.16 Å². The number of carbonyl (C=O) groups is 4. The lowest BCUT2D eigenvalue weighted by Gasteiger charge is -2.41. The largest absolute Gasteiger partial charge is 0.467 e. The van der Waals surface area contributed by atoms with Gasteiger partial charge in [-0.15, -0.1) is 22.9 Å². The molecular weight excluding hydrogens is 494 g/mol. The summed E-state index contributed by atoms with van der Waals surface area (Å²) in [7, 11) is -4.16. The number of thiazole rings is 1. The predicted molar refractivity (Wildman–Crippen MR) is 110 cm³/mol. The number of halogens is 1. The molecule has 1 fully saturated rings. The second-order valence-corrected chi connectivity index (χ2v) is 8.19. The third-order valence-corrected chi connectivity index (χ3v) is 5.61. The molecule has 0 aromatic carbocycles. The van der Waals surface area contributed by atoms with E-state index in [9.17, 15) is 27.6 Å². The Morgan fingerprint density at radius 2 is 2.16 bits per heavy atom. The van der Waals surface area contributed by atoms with Crippen molar-refractivity contribution in [1.82, 2.24) is 14.6 Å². The van der Waals surface area contributed by atoms with E-state index in [0.29, 0.717) is 0 Å². The number of ether oxygens (including phenoxy) is 1. The SMILES string of the molecule is C=CCON=C(C(=O)N[C@@H]1C(=O)N(S(=O)(=O)O)[C@@H]1C(=O)OC)c1csc(NC(=O)CCl)n1. The number of oxime groups is 1. The van der Waals surface area contributed by atoms with E-state index >= 15 is 0 Å². The molecule has 14 nitrogen and oxygen atoms in total. The van der Waals surface area contributed by atoms with Crippen LogP contribution < -0.4 is 10.6 Å². The van der Waals surface area contributed by atoms with Gasteiger partial charge in [0.2, 0.25) is 5.91 Å². The monoisotopic (exact) mass is 509 g/mol. The molecule has 174 valence electrons. The molecule has 3 N–H and O–H groups in total. The van der Waals surface area contributed by atoms with Crippen molar-refractivity contribution in [3.8, 4) is 0 Å². The number of amides is 3. The van der Waals surface area contributed by atoms with Crippen molar-refractivity contribution in [3.63, 3.8) is 0 Å².